The maximum Gasteiger partial charge on any atom is 0.404 e. The number of carboxylic acid groups (broad SMARTS) is 1. The SMILES string of the molecule is CNC(C)(CNC(=O)O)C(C)(C)C. The number of likely N-dealkylation sites (N-methyl/N-ethyl adjacent to an activating group) is 1. The number of rotatable bonds is 3. The fourth-order valence-corrected chi connectivity index (χ4v) is 0.981. The molecule has 0 spiro atoms. The number of carbonyl (C=O) groups is 1. The van der Waals surface area contributed by atoms with Gasteiger partial charge in [0.15, 0.2) is 0 Å². The van der Waals surface area contributed by atoms with E-state index in [4.69, 9.17) is 5.11 Å². The van der Waals surface area contributed by atoms with Crippen molar-refractivity contribution >= 4 is 6.09 Å². The summed E-state index contributed by atoms with van der Waals surface area (Å²) in [4.78, 5) is 10.3. The summed E-state index contributed by atoms with van der Waals surface area (Å²) >= 11 is 0. The van der Waals surface area contributed by atoms with Crippen LogP contribution in [0.4, 0.5) is 4.79 Å². The van der Waals surface area contributed by atoms with Crippen molar-refractivity contribution in [1.29, 1.82) is 0 Å². The van der Waals surface area contributed by atoms with Gasteiger partial charge in [-0.3, -0.25) is 0 Å². The van der Waals surface area contributed by atoms with Gasteiger partial charge in [-0.25, -0.2) is 4.79 Å². The average Bonchev–Trinajstić information content (AvgIpc) is 1.98. The summed E-state index contributed by atoms with van der Waals surface area (Å²) in [5.74, 6) is 0. The van der Waals surface area contributed by atoms with Crippen LogP contribution in [-0.4, -0.2) is 30.3 Å². The lowest BCUT2D eigenvalue weighted by Crippen LogP contribution is -2.57. The van der Waals surface area contributed by atoms with Gasteiger partial charge in [0.25, 0.3) is 0 Å². The molecule has 0 rings (SSSR count). The van der Waals surface area contributed by atoms with E-state index < -0.39 is 6.09 Å². The Morgan fingerprint density at radius 2 is 1.77 bits per heavy atom. The van der Waals surface area contributed by atoms with Gasteiger partial charge in [-0.1, -0.05) is 20.8 Å². The van der Waals surface area contributed by atoms with Crippen LogP contribution in [0.25, 0.3) is 0 Å². The first-order valence-corrected chi connectivity index (χ1v) is 4.38. The third-order valence-corrected chi connectivity index (χ3v) is 2.80. The molecule has 1 unspecified atom stereocenters. The molecule has 1 atom stereocenters. The van der Waals surface area contributed by atoms with Gasteiger partial charge in [0, 0.05) is 12.1 Å². The van der Waals surface area contributed by atoms with E-state index in [0.717, 1.165) is 0 Å². The van der Waals surface area contributed by atoms with E-state index in [1.165, 1.54) is 0 Å². The van der Waals surface area contributed by atoms with Crippen molar-refractivity contribution in [2.45, 2.75) is 33.2 Å². The molecule has 0 heterocycles. The maximum absolute atomic E-state index is 10.3. The quantitative estimate of drug-likeness (QED) is 0.625. The molecule has 0 bridgehead atoms. The number of nitrogens with one attached hydrogen (secondary N) is 2. The van der Waals surface area contributed by atoms with Gasteiger partial charge in [0.2, 0.25) is 0 Å². The van der Waals surface area contributed by atoms with Crippen molar-refractivity contribution in [3.05, 3.63) is 0 Å². The largest absolute Gasteiger partial charge is 0.465 e. The lowest BCUT2D eigenvalue weighted by molar-refractivity contribution is 0.151. The first-order valence-electron chi connectivity index (χ1n) is 4.38. The number of hydrogen-bond acceptors (Lipinski definition) is 2. The van der Waals surface area contributed by atoms with Gasteiger partial charge in [-0.05, 0) is 19.4 Å². The highest BCUT2D eigenvalue weighted by atomic mass is 16.4. The molecule has 0 aromatic heterocycles. The first kappa shape index (κ1) is 12.2. The molecule has 0 fully saturated rings. The summed E-state index contributed by atoms with van der Waals surface area (Å²) in [6.45, 7) is 8.64. The highest BCUT2D eigenvalue weighted by Crippen LogP contribution is 2.28. The fourth-order valence-electron chi connectivity index (χ4n) is 0.981. The Morgan fingerprint density at radius 1 is 1.31 bits per heavy atom. The molecule has 78 valence electrons. The second-order valence-electron chi connectivity index (χ2n) is 4.49. The minimum Gasteiger partial charge on any atom is -0.465 e. The summed E-state index contributed by atoms with van der Waals surface area (Å²) in [5.41, 5.74) is -0.227. The van der Waals surface area contributed by atoms with E-state index in [9.17, 15) is 4.79 Å². The fraction of sp³-hybridized carbons (Fsp3) is 0.889. The van der Waals surface area contributed by atoms with Crippen molar-refractivity contribution in [2.75, 3.05) is 13.6 Å². The minimum absolute atomic E-state index is 0.00417. The van der Waals surface area contributed by atoms with Gasteiger partial charge in [0.1, 0.15) is 0 Å². The van der Waals surface area contributed by atoms with Crippen LogP contribution in [0.1, 0.15) is 27.7 Å². The third-order valence-electron chi connectivity index (χ3n) is 2.80. The van der Waals surface area contributed by atoms with Crippen LogP contribution in [0.2, 0.25) is 0 Å². The summed E-state index contributed by atoms with van der Waals surface area (Å²) in [6, 6.07) is 0. The van der Waals surface area contributed by atoms with Crippen LogP contribution < -0.4 is 10.6 Å². The lowest BCUT2D eigenvalue weighted by atomic mass is 9.75. The molecule has 4 heteroatoms. The summed E-state index contributed by atoms with van der Waals surface area (Å²) in [7, 11) is 1.84. The van der Waals surface area contributed by atoms with E-state index in [-0.39, 0.29) is 11.0 Å². The highest BCUT2D eigenvalue weighted by Gasteiger charge is 2.35. The molecule has 0 radical (unpaired) electrons. The molecule has 0 saturated heterocycles. The smallest absolute Gasteiger partial charge is 0.404 e. The van der Waals surface area contributed by atoms with Crippen LogP contribution >= 0.6 is 0 Å². The number of amides is 1. The molecule has 0 aromatic carbocycles. The van der Waals surface area contributed by atoms with E-state index in [2.05, 4.69) is 31.4 Å². The van der Waals surface area contributed by atoms with Crippen molar-refractivity contribution < 1.29 is 9.90 Å². The van der Waals surface area contributed by atoms with E-state index in [1.807, 2.05) is 14.0 Å². The Morgan fingerprint density at radius 3 is 2.00 bits per heavy atom. The van der Waals surface area contributed by atoms with Crippen molar-refractivity contribution in [1.82, 2.24) is 10.6 Å². The molecule has 1 amide bonds. The summed E-state index contributed by atoms with van der Waals surface area (Å²) < 4.78 is 0. The van der Waals surface area contributed by atoms with Gasteiger partial charge >= 0.3 is 6.09 Å². The summed E-state index contributed by atoms with van der Waals surface area (Å²) in [5, 5.41) is 14.0. The molecule has 0 aliphatic carbocycles. The molecule has 0 aliphatic rings. The van der Waals surface area contributed by atoms with Crippen molar-refractivity contribution in [3.63, 3.8) is 0 Å². The predicted molar refractivity (Wildman–Crippen MR) is 52.9 cm³/mol. The van der Waals surface area contributed by atoms with Gasteiger partial charge in [-0.2, -0.15) is 0 Å². The normalized spacial score (nSPS) is 16.4. The zero-order valence-corrected chi connectivity index (χ0v) is 9.06. The third kappa shape index (κ3) is 3.22. The van der Waals surface area contributed by atoms with Gasteiger partial charge in [0.05, 0.1) is 0 Å². The van der Waals surface area contributed by atoms with Crippen LogP contribution in [0.15, 0.2) is 0 Å². The number of hydrogen-bond donors (Lipinski definition) is 3. The molecular weight excluding hydrogens is 168 g/mol. The molecule has 3 N–H and O–H groups in total. The zero-order chi connectivity index (χ0) is 10.7. The Hall–Kier alpha value is -0.770. The standard InChI is InChI=1S/C9H20N2O2/c1-8(2,3)9(4,10-5)6-11-7(12)13/h10-11H,6H2,1-5H3,(H,12,13). The molecule has 0 saturated carbocycles. The van der Waals surface area contributed by atoms with Crippen LogP contribution in [-0.2, 0) is 0 Å². The Bertz CT molecular complexity index is 187. The maximum atomic E-state index is 10.3. The topological polar surface area (TPSA) is 61.4 Å². The van der Waals surface area contributed by atoms with E-state index in [0.29, 0.717) is 6.54 Å². The molecule has 4 nitrogen and oxygen atoms in total. The predicted octanol–water partition coefficient (Wildman–Crippen LogP) is 1.28. The lowest BCUT2D eigenvalue weighted by Gasteiger charge is -2.41. The molecule has 13 heavy (non-hydrogen) atoms. The van der Waals surface area contributed by atoms with Gasteiger partial charge in [-0.15, -0.1) is 0 Å². The molecule has 0 aromatic rings. The zero-order valence-electron chi connectivity index (χ0n) is 9.06. The van der Waals surface area contributed by atoms with Crippen LogP contribution in [0.5, 0.6) is 0 Å². The monoisotopic (exact) mass is 188 g/mol. The van der Waals surface area contributed by atoms with Crippen molar-refractivity contribution in [3.8, 4) is 0 Å². The Kier molecular flexibility index (Phi) is 3.72. The van der Waals surface area contributed by atoms with E-state index in [1.54, 1.807) is 0 Å². The molecular formula is C9H20N2O2. The molecule has 0 aliphatic heterocycles. The van der Waals surface area contributed by atoms with Crippen molar-refractivity contribution in [2.24, 2.45) is 5.41 Å². The van der Waals surface area contributed by atoms with Crippen LogP contribution in [0, 0.1) is 5.41 Å². The minimum atomic E-state index is -0.981. The van der Waals surface area contributed by atoms with Crippen LogP contribution in [0.3, 0.4) is 0 Å². The second-order valence-corrected chi connectivity index (χ2v) is 4.49. The Balaban J connectivity index is 4.38. The Labute approximate surface area is 79.7 Å². The highest BCUT2D eigenvalue weighted by molar-refractivity contribution is 5.64. The van der Waals surface area contributed by atoms with Gasteiger partial charge < -0.3 is 15.7 Å². The summed E-state index contributed by atoms with van der Waals surface area (Å²) in [6.07, 6.45) is -0.981. The average molecular weight is 188 g/mol. The van der Waals surface area contributed by atoms with E-state index >= 15 is 0 Å². The second kappa shape index (κ2) is 3.96. The first-order chi connectivity index (χ1) is 5.73.